The minimum Gasteiger partial charge on any atom is -0.481 e. The van der Waals surface area contributed by atoms with Crippen molar-refractivity contribution in [1.29, 1.82) is 0 Å². The van der Waals surface area contributed by atoms with Crippen LogP contribution < -0.4 is 10.1 Å². The van der Waals surface area contributed by atoms with Crippen LogP contribution in [0.2, 0.25) is 0 Å². The van der Waals surface area contributed by atoms with Gasteiger partial charge >= 0.3 is 0 Å². The zero-order valence-electron chi connectivity index (χ0n) is 11.4. The van der Waals surface area contributed by atoms with E-state index in [9.17, 15) is 5.11 Å². The van der Waals surface area contributed by atoms with Crippen molar-refractivity contribution in [3.8, 4) is 18.1 Å². The Morgan fingerprint density at radius 1 is 1.47 bits per heavy atom. The number of rotatable bonds is 7. The Labute approximate surface area is 123 Å². The quantitative estimate of drug-likeness (QED) is 0.757. The van der Waals surface area contributed by atoms with Crippen LogP contribution in [-0.2, 0) is 6.54 Å². The topological polar surface area (TPSA) is 41.5 Å². The maximum Gasteiger partial charge on any atom is 0.148 e. The predicted molar refractivity (Wildman–Crippen MR) is 81.0 cm³/mol. The Bertz CT molecular complexity index is 452. The number of hydrogen-bond acceptors (Lipinski definition) is 3. The highest BCUT2D eigenvalue weighted by atomic mass is 79.9. The van der Waals surface area contributed by atoms with Crippen LogP contribution in [0.3, 0.4) is 0 Å². The van der Waals surface area contributed by atoms with Gasteiger partial charge in [-0.3, -0.25) is 0 Å². The smallest absolute Gasteiger partial charge is 0.148 e. The molecule has 3 nitrogen and oxygen atoms in total. The Hall–Kier alpha value is -1.02. The first kappa shape index (κ1) is 16.0. The standard InChI is InChI=1S/C15H20BrNO2/c1-4-7-19-14-6-5-13(16)8-12(14)9-17-10-15(2,3)11-18/h1,5-6,8,17-18H,7,9-11H2,2-3H3. The maximum absolute atomic E-state index is 9.21. The molecule has 0 fully saturated rings. The Balaban J connectivity index is 2.65. The van der Waals surface area contributed by atoms with E-state index in [2.05, 4.69) is 27.2 Å². The van der Waals surface area contributed by atoms with Crippen molar-refractivity contribution in [2.24, 2.45) is 5.41 Å². The largest absolute Gasteiger partial charge is 0.481 e. The lowest BCUT2D eigenvalue weighted by Gasteiger charge is -2.22. The number of aliphatic hydroxyl groups excluding tert-OH is 1. The van der Waals surface area contributed by atoms with Crippen LogP contribution in [0, 0.1) is 17.8 Å². The average Bonchev–Trinajstić information content (AvgIpc) is 2.38. The van der Waals surface area contributed by atoms with E-state index >= 15 is 0 Å². The first-order valence-corrected chi connectivity index (χ1v) is 6.94. The molecule has 0 spiro atoms. The van der Waals surface area contributed by atoms with E-state index in [0.717, 1.165) is 22.3 Å². The highest BCUT2D eigenvalue weighted by molar-refractivity contribution is 9.10. The van der Waals surface area contributed by atoms with E-state index in [1.165, 1.54) is 0 Å². The Morgan fingerprint density at radius 3 is 2.84 bits per heavy atom. The first-order valence-electron chi connectivity index (χ1n) is 6.15. The van der Waals surface area contributed by atoms with Crippen molar-refractivity contribution < 1.29 is 9.84 Å². The fraction of sp³-hybridized carbons (Fsp3) is 0.467. The Kier molecular flexibility index (Phi) is 6.36. The van der Waals surface area contributed by atoms with Crippen LogP contribution >= 0.6 is 15.9 Å². The number of ether oxygens (including phenoxy) is 1. The van der Waals surface area contributed by atoms with Gasteiger partial charge in [0.05, 0.1) is 0 Å². The van der Waals surface area contributed by atoms with Gasteiger partial charge in [0.15, 0.2) is 0 Å². The lowest BCUT2D eigenvalue weighted by molar-refractivity contribution is 0.156. The molecule has 0 unspecified atom stereocenters. The Morgan fingerprint density at radius 2 is 2.21 bits per heavy atom. The second-order valence-corrected chi connectivity index (χ2v) is 6.09. The molecule has 0 saturated heterocycles. The molecular weight excluding hydrogens is 306 g/mol. The summed E-state index contributed by atoms with van der Waals surface area (Å²) in [6.07, 6.45) is 5.20. The van der Waals surface area contributed by atoms with E-state index in [1.807, 2.05) is 32.0 Å². The van der Waals surface area contributed by atoms with Crippen LogP contribution in [0.15, 0.2) is 22.7 Å². The summed E-state index contributed by atoms with van der Waals surface area (Å²) >= 11 is 3.45. The lowest BCUT2D eigenvalue weighted by Crippen LogP contribution is -2.32. The van der Waals surface area contributed by atoms with Gasteiger partial charge in [-0.15, -0.1) is 6.42 Å². The van der Waals surface area contributed by atoms with Gasteiger partial charge in [-0.25, -0.2) is 0 Å². The minimum absolute atomic E-state index is 0.133. The predicted octanol–water partition coefficient (Wildman–Crippen LogP) is 2.57. The molecule has 0 aliphatic carbocycles. The molecule has 1 aromatic rings. The molecule has 0 aliphatic heterocycles. The fourth-order valence-corrected chi connectivity index (χ4v) is 1.95. The third-order valence-electron chi connectivity index (χ3n) is 2.68. The summed E-state index contributed by atoms with van der Waals surface area (Å²) in [7, 11) is 0. The van der Waals surface area contributed by atoms with Crippen molar-refractivity contribution in [3.05, 3.63) is 28.2 Å². The van der Waals surface area contributed by atoms with Crippen molar-refractivity contribution in [3.63, 3.8) is 0 Å². The van der Waals surface area contributed by atoms with Gasteiger partial charge in [0.1, 0.15) is 12.4 Å². The molecule has 0 radical (unpaired) electrons. The second-order valence-electron chi connectivity index (χ2n) is 5.17. The van der Waals surface area contributed by atoms with E-state index in [1.54, 1.807) is 0 Å². The summed E-state index contributed by atoms with van der Waals surface area (Å²) < 4.78 is 6.50. The molecule has 0 bridgehead atoms. The third-order valence-corrected chi connectivity index (χ3v) is 3.17. The molecular formula is C15H20BrNO2. The molecule has 0 atom stereocenters. The van der Waals surface area contributed by atoms with Crippen LogP contribution in [0.4, 0.5) is 0 Å². The summed E-state index contributed by atoms with van der Waals surface area (Å²) in [6, 6.07) is 5.83. The number of terminal acetylenes is 1. The highest BCUT2D eigenvalue weighted by Crippen LogP contribution is 2.23. The SMILES string of the molecule is C#CCOc1ccc(Br)cc1CNCC(C)(C)CO. The number of halogens is 1. The molecule has 19 heavy (non-hydrogen) atoms. The number of aliphatic hydroxyl groups is 1. The fourth-order valence-electron chi connectivity index (χ4n) is 1.54. The van der Waals surface area contributed by atoms with Crippen molar-refractivity contribution in [2.45, 2.75) is 20.4 Å². The summed E-state index contributed by atoms with van der Waals surface area (Å²) in [5, 5.41) is 12.5. The molecule has 0 aliphatic rings. The van der Waals surface area contributed by atoms with Gasteiger partial charge in [0.2, 0.25) is 0 Å². The van der Waals surface area contributed by atoms with Crippen LogP contribution in [0.25, 0.3) is 0 Å². The van der Waals surface area contributed by atoms with Crippen LogP contribution in [-0.4, -0.2) is 24.9 Å². The number of benzene rings is 1. The van der Waals surface area contributed by atoms with E-state index in [-0.39, 0.29) is 18.6 Å². The van der Waals surface area contributed by atoms with Crippen LogP contribution in [0.1, 0.15) is 19.4 Å². The molecule has 104 valence electrons. The van der Waals surface area contributed by atoms with Gasteiger partial charge in [-0.2, -0.15) is 0 Å². The third kappa shape index (κ3) is 5.65. The summed E-state index contributed by atoms with van der Waals surface area (Å²) in [5.74, 6) is 3.25. The first-order chi connectivity index (χ1) is 8.98. The maximum atomic E-state index is 9.21. The average molecular weight is 326 g/mol. The number of nitrogens with one attached hydrogen (secondary N) is 1. The molecule has 4 heteroatoms. The van der Waals surface area contributed by atoms with Gasteiger partial charge in [-0.1, -0.05) is 35.7 Å². The lowest BCUT2D eigenvalue weighted by atomic mass is 9.95. The van der Waals surface area contributed by atoms with Crippen LogP contribution in [0.5, 0.6) is 5.75 Å². The molecule has 1 aromatic carbocycles. The van der Waals surface area contributed by atoms with Gasteiger partial charge in [0.25, 0.3) is 0 Å². The molecule has 0 heterocycles. The molecule has 0 amide bonds. The summed E-state index contributed by atoms with van der Waals surface area (Å²) in [6.45, 7) is 5.83. The second kappa shape index (κ2) is 7.54. The van der Waals surface area contributed by atoms with Gasteiger partial charge in [-0.05, 0) is 18.2 Å². The van der Waals surface area contributed by atoms with Gasteiger partial charge < -0.3 is 15.2 Å². The molecule has 0 saturated carbocycles. The molecule has 0 aromatic heterocycles. The zero-order chi connectivity index (χ0) is 14.3. The normalized spacial score (nSPS) is 11.1. The molecule has 1 rings (SSSR count). The highest BCUT2D eigenvalue weighted by Gasteiger charge is 2.16. The van der Waals surface area contributed by atoms with Gasteiger partial charge in [0, 0.05) is 35.1 Å². The monoisotopic (exact) mass is 325 g/mol. The number of hydrogen-bond donors (Lipinski definition) is 2. The van der Waals surface area contributed by atoms with Crippen molar-refractivity contribution in [1.82, 2.24) is 5.32 Å². The van der Waals surface area contributed by atoms with E-state index in [0.29, 0.717) is 6.54 Å². The van der Waals surface area contributed by atoms with Crippen molar-refractivity contribution >= 4 is 15.9 Å². The minimum atomic E-state index is -0.133. The van der Waals surface area contributed by atoms with E-state index in [4.69, 9.17) is 11.2 Å². The zero-order valence-corrected chi connectivity index (χ0v) is 13.0. The summed E-state index contributed by atoms with van der Waals surface area (Å²) in [5.41, 5.74) is 0.907. The summed E-state index contributed by atoms with van der Waals surface area (Å²) in [4.78, 5) is 0. The van der Waals surface area contributed by atoms with E-state index < -0.39 is 0 Å². The van der Waals surface area contributed by atoms with Crippen molar-refractivity contribution in [2.75, 3.05) is 19.8 Å². The molecule has 2 N–H and O–H groups in total.